The van der Waals surface area contributed by atoms with E-state index in [2.05, 4.69) is 99.8 Å². The van der Waals surface area contributed by atoms with Gasteiger partial charge in [0.15, 0.2) is 5.78 Å². The molecule has 3 aromatic heterocycles. The van der Waals surface area contributed by atoms with Gasteiger partial charge in [-0.05, 0) is 71.9 Å². The summed E-state index contributed by atoms with van der Waals surface area (Å²) < 4.78 is 2.59. The van der Waals surface area contributed by atoms with Crippen LogP contribution in [0.5, 0.6) is 0 Å². The number of allylic oxidation sites excluding steroid dienone is 2. The zero-order valence-corrected chi connectivity index (χ0v) is 35.8. The van der Waals surface area contributed by atoms with Crippen molar-refractivity contribution in [3.8, 4) is 21.7 Å². The van der Waals surface area contributed by atoms with Crippen LogP contribution in [0.3, 0.4) is 0 Å². The summed E-state index contributed by atoms with van der Waals surface area (Å²) in [6.07, 6.45) is 6.69. The molecule has 0 bridgehead atoms. The minimum atomic E-state index is -0.337. The molecular weight excluding hydrogens is 843 g/mol. The zero-order chi connectivity index (χ0) is 36.4. The number of benzene rings is 3. The number of hydrogen-bond acceptors (Lipinski definition) is 5. The molecule has 6 heteroatoms. The summed E-state index contributed by atoms with van der Waals surface area (Å²) in [5.74, 6) is 0.286. The van der Waals surface area contributed by atoms with Crippen LogP contribution in [0.1, 0.15) is 99.1 Å². The zero-order valence-electron chi connectivity index (χ0n) is 31.8. The first kappa shape index (κ1) is 40.6. The smallest absolute Gasteiger partial charge is 0.164 e. The van der Waals surface area contributed by atoms with E-state index in [9.17, 15) is 9.90 Å². The first-order valence-electron chi connectivity index (χ1n) is 18.0. The second kappa shape index (κ2) is 16.3. The average molecular weight is 895 g/mol. The third kappa shape index (κ3) is 8.25. The van der Waals surface area contributed by atoms with Gasteiger partial charge in [0.1, 0.15) is 5.76 Å². The van der Waals surface area contributed by atoms with E-state index in [1.54, 1.807) is 0 Å². The second-order valence-corrected chi connectivity index (χ2v) is 17.0. The number of carbonyl (C=O) groups excluding carboxylic acids is 1. The number of carbonyl (C=O) groups is 1. The Morgan fingerprint density at radius 2 is 1.49 bits per heavy atom. The topological polar surface area (TPSA) is 50.2 Å². The molecule has 0 spiro atoms. The van der Waals surface area contributed by atoms with Crippen molar-refractivity contribution in [1.29, 1.82) is 0 Å². The standard InChI is InChI=1S/C30H24NS2.C15H28O2.Ir/c1-18-17-32-29-22(18)10-7-11-24(29)26-16-20-12-13-31-27(28(20)33-26)21-14-19-8-5-6-9-23(19)25(15-21)30(2,3)4;1-7-14(5,8-2)12(16)11-13(17)15(6,9-3)10-4;/h5-13,15-17H,1-4H3;11,16H,7-10H2,1-6H3;/q-1;;/b;12-11-;. The van der Waals surface area contributed by atoms with E-state index in [-0.39, 0.29) is 47.9 Å². The van der Waals surface area contributed by atoms with Crippen LogP contribution in [0.15, 0.2) is 84.1 Å². The van der Waals surface area contributed by atoms with Gasteiger partial charge in [-0.25, -0.2) is 0 Å². The Hall–Kier alpha value is -3.15. The number of nitrogens with zero attached hydrogens (tertiary/aromatic N) is 1. The van der Waals surface area contributed by atoms with Crippen molar-refractivity contribution >= 4 is 59.4 Å². The van der Waals surface area contributed by atoms with Crippen molar-refractivity contribution in [3.05, 3.63) is 101 Å². The fourth-order valence-electron chi connectivity index (χ4n) is 6.33. The summed E-state index contributed by atoms with van der Waals surface area (Å²) in [6, 6.07) is 25.6. The molecule has 1 radical (unpaired) electrons. The predicted molar refractivity (Wildman–Crippen MR) is 219 cm³/mol. The summed E-state index contributed by atoms with van der Waals surface area (Å²) in [5, 5.41) is 17.4. The molecule has 0 saturated carbocycles. The van der Waals surface area contributed by atoms with Crippen molar-refractivity contribution in [3.63, 3.8) is 0 Å². The molecule has 6 aromatic rings. The number of aliphatic hydroxyl groups is 1. The van der Waals surface area contributed by atoms with Gasteiger partial charge in [-0.2, -0.15) is 0 Å². The molecule has 3 aromatic carbocycles. The Labute approximate surface area is 326 Å². The predicted octanol–water partition coefficient (Wildman–Crippen LogP) is 14.1. The minimum absolute atomic E-state index is 0. The molecule has 0 aliphatic carbocycles. The third-order valence-corrected chi connectivity index (χ3v) is 13.3. The van der Waals surface area contributed by atoms with Gasteiger partial charge < -0.3 is 5.11 Å². The molecule has 0 amide bonds. The Morgan fingerprint density at radius 1 is 0.843 bits per heavy atom. The molecule has 0 aliphatic heterocycles. The maximum absolute atomic E-state index is 12.2. The summed E-state index contributed by atoms with van der Waals surface area (Å²) in [4.78, 5) is 18.3. The van der Waals surface area contributed by atoms with Crippen LogP contribution in [0, 0.1) is 23.8 Å². The Kier molecular flexibility index (Phi) is 12.9. The van der Waals surface area contributed by atoms with Gasteiger partial charge in [-0.15, -0.1) is 51.8 Å². The quantitative estimate of drug-likeness (QED) is 0.0894. The van der Waals surface area contributed by atoms with E-state index in [1.165, 1.54) is 53.2 Å². The minimum Gasteiger partial charge on any atom is -0.512 e. The van der Waals surface area contributed by atoms with Crippen molar-refractivity contribution in [2.45, 2.75) is 100 Å². The second-order valence-electron chi connectivity index (χ2n) is 15.1. The third-order valence-electron chi connectivity index (χ3n) is 10.9. The van der Waals surface area contributed by atoms with Gasteiger partial charge in [0.2, 0.25) is 0 Å². The number of thiophene rings is 2. The molecule has 0 atom stereocenters. The molecule has 1 N–H and O–H groups in total. The molecule has 3 heterocycles. The molecule has 0 aliphatic rings. The number of pyridine rings is 1. The van der Waals surface area contributed by atoms with Crippen molar-refractivity contribution in [1.82, 2.24) is 4.98 Å². The van der Waals surface area contributed by atoms with Crippen LogP contribution in [0.2, 0.25) is 0 Å². The van der Waals surface area contributed by atoms with Gasteiger partial charge in [0.05, 0.1) is 0 Å². The Balaban J connectivity index is 0.000000279. The molecule has 0 unspecified atom stereocenters. The number of aryl methyl sites for hydroxylation is 1. The number of rotatable bonds is 9. The SMILES string of the molecule is CCC(C)(CC)C(=O)/C=C(\O)C(C)(CC)CC.Cc1csc2c(-c3cc4ccnc(-c5[c-]c6ccccc6c(C(C)(C)C)c5)c4s3)cccc12.[Ir]. The first-order chi connectivity index (χ1) is 23.7. The van der Waals surface area contributed by atoms with E-state index in [4.69, 9.17) is 4.98 Å². The van der Waals surface area contributed by atoms with E-state index >= 15 is 0 Å². The fraction of sp³-hybridized carbons (Fsp3) is 0.378. The van der Waals surface area contributed by atoms with Crippen LogP contribution in [0.4, 0.5) is 0 Å². The molecular formula is C45H52IrNO2S2-. The van der Waals surface area contributed by atoms with E-state index in [0.717, 1.165) is 42.3 Å². The molecule has 0 fully saturated rings. The Bertz CT molecular complexity index is 2170. The van der Waals surface area contributed by atoms with Crippen molar-refractivity contribution < 1.29 is 30.0 Å². The Morgan fingerprint density at radius 3 is 2.14 bits per heavy atom. The summed E-state index contributed by atoms with van der Waals surface area (Å²) >= 11 is 3.68. The van der Waals surface area contributed by atoms with Gasteiger partial charge >= 0.3 is 0 Å². The summed E-state index contributed by atoms with van der Waals surface area (Å²) in [7, 11) is 0. The molecule has 6 rings (SSSR count). The molecule has 51 heavy (non-hydrogen) atoms. The van der Waals surface area contributed by atoms with Gasteiger partial charge in [-0.3, -0.25) is 9.78 Å². The number of fused-ring (bicyclic) bond motifs is 3. The normalized spacial score (nSPS) is 12.5. The molecule has 271 valence electrons. The van der Waals surface area contributed by atoms with Gasteiger partial charge in [0.25, 0.3) is 0 Å². The largest absolute Gasteiger partial charge is 0.512 e. The van der Waals surface area contributed by atoms with Crippen LogP contribution >= 0.6 is 22.7 Å². The average Bonchev–Trinajstić information content (AvgIpc) is 3.73. The maximum Gasteiger partial charge on any atom is 0.164 e. The monoisotopic (exact) mass is 895 g/mol. The van der Waals surface area contributed by atoms with Crippen LogP contribution in [0.25, 0.3) is 52.6 Å². The van der Waals surface area contributed by atoms with Crippen LogP contribution in [-0.4, -0.2) is 15.9 Å². The van der Waals surface area contributed by atoms with E-state index in [0.29, 0.717) is 0 Å². The molecule has 0 saturated heterocycles. The van der Waals surface area contributed by atoms with Crippen molar-refractivity contribution in [2.75, 3.05) is 0 Å². The number of aliphatic hydroxyl groups excluding tert-OH is 1. The molecule has 3 nitrogen and oxygen atoms in total. The number of ketones is 1. The summed E-state index contributed by atoms with van der Waals surface area (Å²) in [6.45, 7) is 21.1. The summed E-state index contributed by atoms with van der Waals surface area (Å²) in [5.41, 5.74) is 5.52. The first-order valence-corrected chi connectivity index (χ1v) is 19.7. The van der Waals surface area contributed by atoms with Crippen LogP contribution < -0.4 is 0 Å². The fourth-order valence-corrected chi connectivity index (χ4v) is 8.67. The number of aromatic nitrogens is 1. The van der Waals surface area contributed by atoms with Gasteiger partial charge in [0, 0.05) is 68.7 Å². The van der Waals surface area contributed by atoms with Crippen LogP contribution in [-0.2, 0) is 30.3 Å². The van der Waals surface area contributed by atoms with E-state index in [1.807, 2.05) is 70.4 Å². The van der Waals surface area contributed by atoms with Gasteiger partial charge in [-0.1, -0.05) is 110 Å². The van der Waals surface area contributed by atoms with Crippen molar-refractivity contribution in [2.24, 2.45) is 10.8 Å². The maximum atomic E-state index is 12.2. The number of hydrogen-bond donors (Lipinski definition) is 1. The van der Waals surface area contributed by atoms with E-state index < -0.39 is 0 Å².